The van der Waals surface area contributed by atoms with Crippen LogP contribution >= 0.6 is 28.1 Å². The van der Waals surface area contributed by atoms with Crippen LogP contribution in [0.15, 0.2) is 50.4 Å². The maximum Gasteiger partial charge on any atom is 0.433 e. The van der Waals surface area contributed by atoms with E-state index in [-0.39, 0.29) is 11.0 Å². The molecule has 7 nitrogen and oxygen atoms in total. The number of nitrogens with zero attached hydrogens (tertiary/aromatic N) is 2. The largest absolute Gasteiger partial charge is 0.433 e. The molecule has 0 spiro atoms. The molecule has 0 saturated heterocycles. The van der Waals surface area contributed by atoms with E-state index in [1.807, 2.05) is 24.3 Å². The van der Waals surface area contributed by atoms with E-state index in [1.54, 1.807) is 6.08 Å². The highest BCUT2D eigenvalue weighted by molar-refractivity contribution is 9.10. The second-order valence-electron chi connectivity index (χ2n) is 4.27. The molecule has 0 atom stereocenters. The Labute approximate surface area is 145 Å². The normalized spacial score (nSPS) is 11.6. The van der Waals surface area contributed by atoms with Crippen LogP contribution in [0, 0.1) is 10.1 Å². The summed E-state index contributed by atoms with van der Waals surface area (Å²) >= 11 is 8.04. The van der Waals surface area contributed by atoms with Crippen molar-refractivity contribution in [2.24, 2.45) is 10.8 Å². The monoisotopic (exact) mass is 394 g/mol. The summed E-state index contributed by atoms with van der Waals surface area (Å²) in [6.07, 6.45) is 3.12. The Morgan fingerprint density at radius 2 is 2.04 bits per heavy atom. The molecule has 0 radical (unpaired) electrons. The lowest BCUT2D eigenvalue weighted by Crippen LogP contribution is -2.24. The fraction of sp³-hybridized carbons (Fsp3) is 0. The third-order valence-corrected chi connectivity index (χ3v) is 3.27. The van der Waals surface area contributed by atoms with Gasteiger partial charge in [-0.1, -0.05) is 28.1 Å². The quantitative estimate of drug-likeness (QED) is 0.348. The second-order valence-corrected chi connectivity index (χ2v) is 5.63. The van der Waals surface area contributed by atoms with Crippen LogP contribution in [0.5, 0.6) is 0 Å². The van der Waals surface area contributed by atoms with Crippen molar-refractivity contribution in [3.8, 4) is 0 Å². The van der Waals surface area contributed by atoms with E-state index in [0.29, 0.717) is 11.3 Å². The van der Waals surface area contributed by atoms with Crippen LogP contribution < -0.4 is 11.2 Å². The van der Waals surface area contributed by atoms with Crippen molar-refractivity contribution in [2.45, 2.75) is 0 Å². The standard InChI is InChI=1S/C14H11BrN4O3S/c15-11-3-1-9(2-4-11)10(8-17-18-14(16)23)7-12-5-6-13(22-12)19(20)21/h1-8H,(H3,16,18,23). The van der Waals surface area contributed by atoms with Crippen molar-refractivity contribution >= 4 is 57.0 Å². The average molecular weight is 395 g/mol. The van der Waals surface area contributed by atoms with Gasteiger partial charge in [-0.05, 0) is 42.1 Å². The van der Waals surface area contributed by atoms with E-state index in [1.165, 1.54) is 18.3 Å². The summed E-state index contributed by atoms with van der Waals surface area (Å²) in [5.74, 6) is 0.000926. The van der Waals surface area contributed by atoms with Crippen molar-refractivity contribution < 1.29 is 9.34 Å². The van der Waals surface area contributed by atoms with Crippen molar-refractivity contribution in [1.29, 1.82) is 0 Å². The van der Waals surface area contributed by atoms with Crippen molar-refractivity contribution in [3.63, 3.8) is 0 Å². The van der Waals surface area contributed by atoms with E-state index in [9.17, 15) is 10.1 Å². The molecule has 0 amide bonds. The van der Waals surface area contributed by atoms with E-state index in [0.717, 1.165) is 10.0 Å². The van der Waals surface area contributed by atoms with Gasteiger partial charge in [-0.2, -0.15) is 5.10 Å². The van der Waals surface area contributed by atoms with E-state index < -0.39 is 4.92 Å². The number of nitro groups is 1. The summed E-state index contributed by atoms with van der Waals surface area (Å²) < 4.78 is 6.05. The molecule has 0 bridgehead atoms. The summed E-state index contributed by atoms with van der Waals surface area (Å²) in [5.41, 5.74) is 9.26. The molecule has 0 fully saturated rings. The Morgan fingerprint density at radius 3 is 2.61 bits per heavy atom. The van der Waals surface area contributed by atoms with Crippen LogP contribution in [0.2, 0.25) is 0 Å². The summed E-state index contributed by atoms with van der Waals surface area (Å²) in [4.78, 5) is 10.1. The molecule has 0 saturated carbocycles. The molecule has 9 heteroatoms. The molecule has 23 heavy (non-hydrogen) atoms. The third kappa shape index (κ3) is 5.01. The molecule has 1 aromatic heterocycles. The van der Waals surface area contributed by atoms with E-state index in [2.05, 4.69) is 38.7 Å². The summed E-state index contributed by atoms with van der Waals surface area (Å²) in [5, 5.41) is 14.6. The summed E-state index contributed by atoms with van der Waals surface area (Å²) in [6.45, 7) is 0. The maximum atomic E-state index is 10.7. The first-order valence-electron chi connectivity index (χ1n) is 6.26. The predicted octanol–water partition coefficient (Wildman–Crippen LogP) is 3.31. The lowest BCUT2D eigenvalue weighted by Gasteiger charge is -2.02. The maximum absolute atomic E-state index is 10.7. The SMILES string of the molecule is NC(=S)NN=CC(=Cc1ccc([N+](=O)[O-])o1)c1ccc(Br)cc1. The molecule has 2 aromatic rings. The zero-order chi connectivity index (χ0) is 16.8. The highest BCUT2D eigenvalue weighted by Gasteiger charge is 2.11. The molecule has 3 N–H and O–H groups in total. The minimum absolute atomic E-state index is 0.0324. The number of nitrogens with one attached hydrogen (secondary N) is 1. The number of benzene rings is 1. The number of furan rings is 1. The van der Waals surface area contributed by atoms with Crippen LogP contribution in [0.25, 0.3) is 11.6 Å². The Bertz CT molecular complexity index is 784. The van der Waals surface area contributed by atoms with Gasteiger partial charge in [0.15, 0.2) is 5.11 Å². The highest BCUT2D eigenvalue weighted by Crippen LogP contribution is 2.22. The van der Waals surface area contributed by atoms with Crippen LogP contribution in [0.3, 0.4) is 0 Å². The molecule has 1 aromatic carbocycles. The Morgan fingerprint density at radius 1 is 1.35 bits per heavy atom. The first kappa shape index (κ1) is 16.8. The molecule has 1 heterocycles. The van der Waals surface area contributed by atoms with Gasteiger partial charge in [-0.3, -0.25) is 15.5 Å². The van der Waals surface area contributed by atoms with Gasteiger partial charge in [0.1, 0.15) is 10.7 Å². The molecular formula is C14H11BrN4O3S. The molecule has 0 aliphatic carbocycles. The van der Waals surface area contributed by atoms with Crippen LogP contribution in [-0.2, 0) is 0 Å². The lowest BCUT2D eigenvalue weighted by atomic mass is 10.1. The minimum atomic E-state index is -0.598. The zero-order valence-corrected chi connectivity index (χ0v) is 14.0. The topological polar surface area (TPSA) is 107 Å². The number of allylic oxidation sites excluding steroid dienone is 1. The second kappa shape index (κ2) is 7.65. The fourth-order valence-corrected chi connectivity index (χ4v) is 1.99. The summed E-state index contributed by atoms with van der Waals surface area (Å²) in [7, 11) is 0. The first-order valence-corrected chi connectivity index (χ1v) is 7.46. The lowest BCUT2D eigenvalue weighted by molar-refractivity contribution is -0.402. The number of hydrogen-bond acceptors (Lipinski definition) is 5. The molecule has 0 aliphatic rings. The Kier molecular flexibility index (Phi) is 5.61. The summed E-state index contributed by atoms with van der Waals surface area (Å²) in [6, 6.07) is 10.2. The van der Waals surface area contributed by atoms with Crippen LogP contribution in [0.1, 0.15) is 11.3 Å². The van der Waals surface area contributed by atoms with E-state index >= 15 is 0 Å². The fourth-order valence-electron chi connectivity index (χ4n) is 1.67. The van der Waals surface area contributed by atoms with Gasteiger partial charge in [0.2, 0.25) is 0 Å². The number of hydrogen-bond donors (Lipinski definition) is 2. The van der Waals surface area contributed by atoms with Gasteiger partial charge in [0.25, 0.3) is 0 Å². The first-order chi connectivity index (χ1) is 11.0. The number of nitrogens with two attached hydrogens (primary N) is 1. The number of halogens is 1. The predicted molar refractivity (Wildman–Crippen MR) is 95.8 cm³/mol. The van der Waals surface area contributed by atoms with Crippen molar-refractivity contribution in [1.82, 2.24) is 5.43 Å². The van der Waals surface area contributed by atoms with Gasteiger partial charge in [-0.15, -0.1) is 0 Å². The molecule has 2 rings (SSSR count). The van der Waals surface area contributed by atoms with Crippen molar-refractivity contribution in [3.05, 3.63) is 62.3 Å². The van der Waals surface area contributed by atoms with E-state index in [4.69, 9.17) is 10.2 Å². The molecule has 0 aliphatic heterocycles. The van der Waals surface area contributed by atoms with Crippen LogP contribution in [-0.4, -0.2) is 16.3 Å². The zero-order valence-electron chi connectivity index (χ0n) is 11.6. The van der Waals surface area contributed by atoms with Gasteiger partial charge in [0, 0.05) is 10.0 Å². The minimum Gasteiger partial charge on any atom is -0.401 e. The number of hydrazone groups is 1. The molecule has 0 unspecified atom stereocenters. The van der Waals surface area contributed by atoms with Gasteiger partial charge >= 0.3 is 5.88 Å². The number of rotatable bonds is 5. The van der Waals surface area contributed by atoms with Gasteiger partial charge in [-0.25, -0.2) is 0 Å². The third-order valence-electron chi connectivity index (χ3n) is 2.65. The average Bonchev–Trinajstić information content (AvgIpc) is 2.95. The number of thiocarbonyl (C=S) groups is 1. The van der Waals surface area contributed by atoms with Crippen molar-refractivity contribution in [2.75, 3.05) is 0 Å². The van der Waals surface area contributed by atoms with Gasteiger partial charge < -0.3 is 10.2 Å². The Hall–Kier alpha value is -2.52. The molecule has 118 valence electrons. The molecular weight excluding hydrogens is 384 g/mol. The Balaban J connectivity index is 2.36. The van der Waals surface area contributed by atoms with Crippen LogP contribution in [0.4, 0.5) is 5.88 Å². The smallest absolute Gasteiger partial charge is 0.401 e. The van der Waals surface area contributed by atoms with Gasteiger partial charge in [0.05, 0.1) is 12.3 Å². The highest BCUT2D eigenvalue weighted by atomic mass is 79.9.